The van der Waals surface area contributed by atoms with E-state index in [9.17, 15) is 14.0 Å². The standard InChI is InChI=1S/C16H22BrFN2O3/c1-16(2,3)23-15(22)20(4)10-14(21)19-8-7-11-5-6-13(18)12(17)9-11/h5-6,9H,7-8,10H2,1-4H3,(H,19,21). The first kappa shape index (κ1) is 19.4. The molecular formula is C16H22BrFN2O3. The average molecular weight is 389 g/mol. The van der Waals surface area contributed by atoms with Gasteiger partial charge in [-0.2, -0.15) is 0 Å². The van der Waals surface area contributed by atoms with Gasteiger partial charge in [-0.05, 0) is 60.8 Å². The predicted octanol–water partition coefficient (Wildman–Crippen LogP) is 3.11. The van der Waals surface area contributed by atoms with E-state index in [4.69, 9.17) is 4.74 Å². The topological polar surface area (TPSA) is 58.6 Å². The molecule has 0 aliphatic carbocycles. The number of amides is 2. The highest BCUT2D eigenvalue weighted by atomic mass is 79.9. The van der Waals surface area contributed by atoms with Crippen molar-refractivity contribution in [1.29, 1.82) is 0 Å². The Hall–Kier alpha value is -1.63. The van der Waals surface area contributed by atoms with Gasteiger partial charge in [-0.1, -0.05) is 6.07 Å². The number of nitrogens with one attached hydrogen (secondary N) is 1. The fourth-order valence-electron chi connectivity index (χ4n) is 1.72. The van der Waals surface area contributed by atoms with E-state index in [1.54, 1.807) is 32.9 Å². The number of carbonyl (C=O) groups excluding carboxylic acids is 2. The lowest BCUT2D eigenvalue weighted by Gasteiger charge is -2.24. The molecule has 1 aromatic rings. The monoisotopic (exact) mass is 388 g/mol. The summed E-state index contributed by atoms with van der Waals surface area (Å²) in [5, 5.41) is 2.72. The van der Waals surface area contributed by atoms with Gasteiger partial charge in [0.2, 0.25) is 5.91 Å². The maximum absolute atomic E-state index is 13.1. The van der Waals surface area contributed by atoms with Crippen molar-refractivity contribution in [2.75, 3.05) is 20.1 Å². The SMILES string of the molecule is CN(CC(=O)NCCc1ccc(F)c(Br)c1)C(=O)OC(C)(C)C. The van der Waals surface area contributed by atoms with Gasteiger partial charge in [0, 0.05) is 13.6 Å². The summed E-state index contributed by atoms with van der Waals surface area (Å²) in [6.07, 6.45) is 0.0240. The molecule has 7 heteroatoms. The highest BCUT2D eigenvalue weighted by Gasteiger charge is 2.20. The summed E-state index contributed by atoms with van der Waals surface area (Å²) in [4.78, 5) is 24.8. The number of ether oxygens (including phenoxy) is 1. The summed E-state index contributed by atoms with van der Waals surface area (Å²) in [6, 6.07) is 4.71. The maximum atomic E-state index is 13.1. The van der Waals surface area contributed by atoms with Crippen molar-refractivity contribution in [3.63, 3.8) is 0 Å². The van der Waals surface area contributed by atoms with Crippen LogP contribution in [0.4, 0.5) is 9.18 Å². The van der Waals surface area contributed by atoms with Crippen LogP contribution in [0.3, 0.4) is 0 Å². The Bertz CT molecular complexity index is 573. The molecule has 0 radical (unpaired) electrons. The summed E-state index contributed by atoms with van der Waals surface area (Å²) in [5.41, 5.74) is 0.303. The van der Waals surface area contributed by atoms with Crippen LogP contribution in [0.15, 0.2) is 22.7 Å². The molecule has 1 N–H and O–H groups in total. The first-order valence-corrected chi connectivity index (χ1v) is 8.02. The molecule has 0 atom stereocenters. The minimum Gasteiger partial charge on any atom is -0.444 e. The van der Waals surface area contributed by atoms with Crippen LogP contribution < -0.4 is 5.32 Å². The first-order chi connectivity index (χ1) is 10.6. The Labute approximate surface area is 144 Å². The molecular weight excluding hydrogens is 367 g/mol. The van der Waals surface area contributed by atoms with Gasteiger partial charge in [0.15, 0.2) is 0 Å². The molecule has 1 aromatic carbocycles. The van der Waals surface area contributed by atoms with E-state index in [-0.39, 0.29) is 18.3 Å². The van der Waals surface area contributed by atoms with Crippen LogP contribution in [-0.4, -0.2) is 42.6 Å². The molecule has 2 amide bonds. The summed E-state index contributed by atoms with van der Waals surface area (Å²) in [7, 11) is 1.50. The normalized spacial score (nSPS) is 11.0. The zero-order chi connectivity index (χ0) is 17.6. The number of carbonyl (C=O) groups is 2. The van der Waals surface area contributed by atoms with Crippen molar-refractivity contribution in [3.05, 3.63) is 34.1 Å². The van der Waals surface area contributed by atoms with Gasteiger partial charge in [0.05, 0.1) is 4.47 Å². The summed E-state index contributed by atoms with van der Waals surface area (Å²) in [5.74, 6) is -0.601. The Morgan fingerprint density at radius 2 is 2.00 bits per heavy atom. The third kappa shape index (κ3) is 7.45. The quantitative estimate of drug-likeness (QED) is 0.842. The number of nitrogens with zero attached hydrogens (tertiary/aromatic N) is 1. The van der Waals surface area contributed by atoms with Crippen LogP contribution in [0.25, 0.3) is 0 Å². The van der Waals surface area contributed by atoms with E-state index < -0.39 is 11.7 Å². The van der Waals surface area contributed by atoms with Crippen molar-refractivity contribution in [1.82, 2.24) is 10.2 Å². The second kappa shape index (κ2) is 8.29. The second-order valence-corrected chi connectivity index (χ2v) is 7.04. The van der Waals surface area contributed by atoms with Crippen LogP contribution in [0.1, 0.15) is 26.3 Å². The van der Waals surface area contributed by atoms with E-state index in [0.717, 1.165) is 5.56 Å². The van der Waals surface area contributed by atoms with Crippen LogP contribution in [0.5, 0.6) is 0 Å². The van der Waals surface area contributed by atoms with Gasteiger partial charge in [0.1, 0.15) is 18.0 Å². The summed E-state index contributed by atoms with van der Waals surface area (Å²) >= 11 is 3.12. The van der Waals surface area contributed by atoms with E-state index in [2.05, 4.69) is 21.2 Å². The van der Waals surface area contributed by atoms with Crippen LogP contribution in [-0.2, 0) is 16.0 Å². The number of benzene rings is 1. The second-order valence-electron chi connectivity index (χ2n) is 6.18. The minimum atomic E-state index is -0.599. The van der Waals surface area contributed by atoms with Crippen molar-refractivity contribution in [2.24, 2.45) is 0 Å². The Balaban J connectivity index is 2.36. The van der Waals surface area contributed by atoms with Crippen LogP contribution in [0.2, 0.25) is 0 Å². The molecule has 128 valence electrons. The average Bonchev–Trinajstić information content (AvgIpc) is 2.40. The molecule has 0 saturated heterocycles. The third-order valence-electron chi connectivity index (χ3n) is 2.81. The van der Waals surface area contributed by atoms with Gasteiger partial charge < -0.3 is 15.0 Å². The van der Waals surface area contributed by atoms with Gasteiger partial charge >= 0.3 is 6.09 Å². The molecule has 0 aliphatic rings. The lowest BCUT2D eigenvalue weighted by atomic mass is 10.1. The van der Waals surface area contributed by atoms with E-state index in [1.807, 2.05) is 0 Å². The Kier molecular flexibility index (Phi) is 7.00. The fourth-order valence-corrected chi connectivity index (χ4v) is 2.14. The molecule has 0 unspecified atom stereocenters. The molecule has 0 spiro atoms. The molecule has 0 fully saturated rings. The third-order valence-corrected chi connectivity index (χ3v) is 3.41. The molecule has 5 nitrogen and oxygen atoms in total. The molecule has 1 rings (SSSR count). The molecule has 23 heavy (non-hydrogen) atoms. The smallest absolute Gasteiger partial charge is 0.410 e. The predicted molar refractivity (Wildman–Crippen MR) is 89.7 cm³/mol. The maximum Gasteiger partial charge on any atom is 0.410 e. The van der Waals surface area contributed by atoms with Gasteiger partial charge in [-0.15, -0.1) is 0 Å². The number of rotatable bonds is 5. The van der Waals surface area contributed by atoms with E-state index in [0.29, 0.717) is 17.4 Å². The molecule has 0 heterocycles. The van der Waals surface area contributed by atoms with E-state index >= 15 is 0 Å². The zero-order valence-corrected chi connectivity index (χ0v) is 15.4. The van der Waals surface area contributed by atoms with Crippen molar-refractivity contribution in [2.45, 2.75) is 32.8 Å². The number of hydrogen-bond donors (Lipinski definition) is 1. The summed E-state index contributed by atoms with van der Waals surface area (Å²) < 4.78 is 18.7. The minimum absolute atomic E-state index is 0.0813. The Morgan fingerprint density at radius 3 is 2.57 bits per heavy atom. The van der Waals surface area contributed by atoms with Gasteiger partial charge in [-0.3, -0.25) is 4.79 Å². The number of halogens is 2. The summed E-state index contributed by atoms with van der Waals surface area (Å²) in [6.45, 7) is 5.61. The van der Waals surface area contributed by atoms with E-state index in [1.165, 1.54) is 18.0 Å². The highest BCUT2D eigenvalue weighted by molar-refractivity contribution is 9.10. The van der Waals surface area contributed by atoms with Gasteiger partial charge in [0.25, 0.3) is 0 Å². The van der Waals surface area contributed by atoms with Gasteiger partial charge in [-0.25, -0.2) is 9.18 Å². The lowest BCUT2D eigenvalue weighted by Crippen LogP contribution is -2.41. The molecule has 0 aromatic heterocycles. The fraction of sp³-hybridized carbons (Fsp3) is 0.500. The van der Waals surface area contributed by atoms with Crippen molar-refractivity contribution >= 4 is 27.9 Å². The molecule has 0 aliphatic heterocycles. The lowest BCUT2D eigenvalue weighted by molar-refractivity contribution is -0.121. The van der Waals surface area contributed by atoms with Crippen molar-refractivity contribution < 1.29 is 18.7 Å². The first-order valence-electron chi connectivity index (χ1n) is 7.23. The molecule has 0 bridgehead atoms. The zero-order valence-electron chi connectivity index (χ0n) is 13.8. The van der Waals surface area contributed by atoms with Crippen LogP contribution in [0, 0.1) is 5.82 Å². The largest absolute Gasteiger partial charge is 0.444 e. The number of likely N-dealkylation sites (N-methyl/N-ethyl adjacent to an activating group) is 1. The number of hydrogen-bond acceptors (Lipinski definition) is 3. The highest BCUT2D eigenvalue weighted by Crippen LogP contribution is 2.16. The molecule has 0 saturated carbocycles. The Morgan fingerprint density at radius 1 is 1.35 bits per heavy atom. The van der Waals surface area contributed by atoms with Crippen LogP contribution >= 0.6 is 15.9 Å². The van der Waals surface area contributed by atoms with Crippen molar-refractivity contribution in [3.8, 4) is 0 Å².